The van der Waals surface area contributed by atoms with Crippen LogP contribution in [0.4, 0.5) is 0 Å². The van der Waals surface area contributed by atoms with E-state index in [0.29, 0.717) is 0 Å². The van der Waals surface area contributed by atoms with Gasteiger partial charge in [0.25, 0.3) is 0 Å². The van der Waals surface area contributed by atoms with Crippen LogP contribution in [0.5, 0.6) is 0 Å². The van der Waals surface area contributed by atoms with Crippen molar-refractivity contribution >= 4 is 0 Å². The van der Waals surface area contributed by atoms with E-state index in [0.717, 1.165) is 40.7 Å². The van der Waals surface area contributed by atoms with Crippen LogP contribution in [0.2, 0.25) is 0 Å². The molecule has 25 heavy (non-hydrogen) atoms. The summed E-state index contributed by atoms with van der Waals surface area (Å²) in [5.74, 6) is 0. The van der Waals surface area contributed by atoms with Crippen molar-refractivity contribution in [2.75, 3.05) is 0 Å². The Labute approximate surface area is 151 Å². The molecule has 0 saturated carbocycles. The first-order valence-electron chi connectivity index (χ1n) is 8.53. The number of hydrogen-bond acceptors (Lipinski definition) is 0. The zero-order valence-electron chi connectivity index (χ0n) is 14.8. The van der Waals surface area contributed by atoms with E-state index in [-0.39, 0.29) is 0 Å². The molecule has 0 aromatic rings. The van der Waals surface area contributed by atoms with Crippen LogP contribution in [0.1, 0.15) is 12.8 Å². The Balaban J connectivity index is 2.58. The van der Waals surface area contributed by atoms with Gasteiger partial charge in [-0.2, -0.15) is 0 Å². The highest BCUT2D eigenvalue weighted by Gasteiger charge is 2.51. The second-order valence-electron chi connectivity index (χ2n) is 6.33. The predicted molar refractivity (Wildman–Crippen MR) is 110 cm³/mol. The molecule has 0 fully saturated rings. The molecule has 0 saturated heterocycles. The average Bonchev–Trinajstić information content (AvgIpc) is 3.21. The number of hydrogen-bond donors (Lipinski definition) is 0. The molecule has 0 N–H and O–H groups in total. The van der Waals surface area contributed by atoms with Crippen LogP contribution < -0.4 is 0 Å². The summed E-state index contributed by atoms with van der Waals surface area (Å²) in [6.07, 6.45) is 18.1. The molecule has 3 aliphatic carbocycles. The molecule has 124 valence electrons. The molecule has 3 aliphatic rings. The molecule has 0 unspecified atom stereocenters. The lowest BCUT2D eigenvalue weighted by atomic mass is 9.59. The van der Waals surface area contributed by atoms with Crippen molar-refractivity contribution in [2.45, 2.75) is 12.8 Å². The molecule has 0 amide bonds. The monoisotopic (exact) mass is 324 g/mol. The fourth-order valence-corrected chi connectivity index (χ4v) is 4.66. The summed E-state index contributed by atoms with van der Waals surface area (Å²) in [5.41, 5.74) is 8.97. The third-order valence-electron chi connectivity index (χ3n) is 5.51. The summed E-state index contributed by atoms with van der Waals surface area (Å²) in [6, 6.07) is 0. The Hall–Kier alpha value is -2.86. The quantitative estimate of drug-likeness (QED) is 0.513. The molecule has 0 heterocycles. The summed E-state index contributed by atoms with van der Waals surface area (Å²) in [4.78, 5) is 0. The third-order valence-corrected chi connectivity index (χ3v) is 5.51. The van der Waals surface area contributed by atoms with Crippen molar-refractivity contribution < 1.29 is 0 Å². The van der Waals surface area contributed by atoms with Gasteiger partial charge in [0.1, 0.15) is 0 Å². The minimum Gasteiger partial charge on any atom is -0.0988 e. The molecule has 0 aromatic heterocycles. The van der Waals surface area contributed by atoms with Crippen molar-refractivity contribution in [3.05, 3.63) is 133 Å². The van der Waals surface area contributed by atoms with Gasteiger partial charge >= 0.3 is 0 Å². The minimum atomic E-state index is -0.442. The van der Waals surface area contributed by atoms with Gasteiger partial charge < -0.3 is 0 Å². The van der Waals surface area contributed by atoms with Gasteiger partial charge in [-0.3, -0.25) is 0 Å². The van der Waals surface area contributed by atoms with Gasteiger partial charge in [0, 0.05) is 0 Å². The van der Waals surface area contributed by atoms with E-state index in [4.69, 9.17) is 0 Å². The number of allylic oxidation sites excluding steroid dienone is 16. The van der Waals surface area contributed by atoms with E-state index in [1.54, 1.807) is 0 Å². The topological polar surface area (TPSA) is 0 Å². The maximum Gasteiger partial charge on any atom is 0.0715 e. The Morgan fingerprint density at radius 2 is 1.24 bits per heavy atom. The summed E-state index contributed by atoms with van der Waals surface area (Å²) in [5, 5.41) is 0. The Kier molecular flexibility index (Phi) is 4.22. The summed E-state index contributed by atoms with van der Waals surface area (Å²) < 4.78 is 0. The minimum absolute atomic E-state index is 0.442. The predicted octanol–water partition coefficient (Wildman–Crippen LogP) is 6.65. The largest absolute Gasteiger partial charge is 0.0988 e. The maximum absolute atomic E-state index is 4.14. The fraction of sp³-hybridized carbons (Fsp3) is 0.120. The second-order valence-corrected chi connectivity index (χ2v) is 6.33. The molecular weight excluding hydrogens is 300 g/mol. The lowest BCUT2D eigenvalue weighted by molar-refractivity contribution is 0.642. The molecule has 0 heteroatoms. The first kappa shape index (κ1) is 17.0. The molecule has 0 atom stereocenters. The molecule has 0 bridgehead atoms. The van der Waals surface area contributed by atoms with E-state index >= 15 is 0 Å². The van der Waals surface area contributed by atoms with Gasteiger partial charge in [0.15, 0.2) is 0 Å². The normalized spacial score (nSPS) is 21.0. The average molecular weight is 324 g/mol. The van der Waals surface area contributed by atoms with Crippen LogP contribution in [0.25, 0.3) is 0 Å². The van der Waals surface area contributed by atoms with Gasteiger partial charge in [0.2, 0.25) is 0 Å². The van der Waals surface area contributed by atoms with Gasteiger partial charge in [-0.15, -0.1) is 0 Å². The van der Waals surface area contributed by atoms with Crippen molar-refractivity contribution in [1.82, 2.24) is 0 Å². The van der Waals surface area contributed by atoms with E-state index in [1.165, 1.54) is 16.7 Å². The van der Waals surface area contributed by atoms with E-state index < -0.39 is 5.41 Å². The van der Waals surface area contributed by atoms with Gasteiger partial charge in [-0.05, 0) is 57.4 Å². The highest BCUT2D eigenvalue weighted by Crippen LogP contribution is 2.63. The van der Waals surface area contributed by atoms with Gasteiger partial charge in [0.05, 0.1) is 5.41 Å². The maximum atomic E-state index is 4.14. The Morgan fingerprint density at radius 3 is 1.68 bits per heavy atom. The summed E-state index contributed by atoms with van der Waals surface area (Å²) in [7, 11) is 0. The lowest BCUT2D eigenvalue weighted by Crippen LogP contribution is -2.32. The highest BCUT2D eigenvalue weighted by atomic mass is 14.5. The SMILES string of the molecule is C=CC1=C(C=C)C2(C3=CCC=C3C1)C(C=C)=C(C=C)C(C=C)=C2C=C. The van der Waals surface area contributed by atoms with E-state index in [1.807, 2.05) is 36.5 Å². The van der Waals surface area contributed by atoms with Gasteiger partial charge in [-0.25, -0.2) is 0 Å². The highest BCUT2D eigenvalue weighted by molar-refractivity contribution is 5.79. The van der Waals surface area contributed by atoms with Crippen LogP contribution in [-0.4, -0.2) is 0 Å². The van der Waals surface area contributed by atoms with Crippen molar-refractivity contribution in [3.8, 4) is 0 Å². The van der Waals surface area contributed by atoms with E-state index in [9.17, 15) is 0 Å². The summed E-state index contributed by atoms with van der Waals surface area (Å²) >= 11 is 0. The zero-order chi connectivity index (χ0) is 18.2. The van der Waals surface area contributed by atoms with Gasteiger partial charge in [-0.1, -0.05) is 88.1 Å². The molecule has 0 aromatic carbocycles. The first-order valence-corrected chi connectivity index (χ1v) is 8.53. The number of fused-ring (bicyclic) bond motifs is 2. The van der Waals surface area contributed by atoms with Crippen LogP contribution in [-0.2, 0) is 0 Å². The van der Waals surface area contributed by atoms with E-state index in [2.05, 4.69) is 51.6 Å². The Morgan fingerprint density at radius 1 is 0.680 bits per heavy atom. The molecular formula is C25H24. The van der Waals surface area contributed by atoms with Crippen molar-refractivity contribution in [2.24, 2.45) is 5.41 Å². The molecule has 1 spiro atoms. The molecule has 0 nitrogen and oxygen atoms in total. The molecule has 3 rings (SSSR count). The van der Waals surface area contributed by atoms with Crippen LogP contribution in [0.3, 0.4) is 0 Å². The Bertz CT molecular complexity index is 848. The summed E-state index contributed by atoms with van der Waals surface area (Å²) in [6.45, 7) is 24.5. The zero-order valence-corrected chi connectivity index (χ0v) is 14.8. The van der Waals surface area contributed by atoms with Crippen molar-refractivity contribution in [3.63, 3.8) is 0 Å². The smallest absolute Gasteiger partial charge is 0.0715 e. The van der Waals surface area contributed by atoms with Crippen LogP contribution in [0.15, 0.2) is 133 Å². The second kappa shape index (κ2) is 6.22. The standard InChI is InChI=1S/C25H24/c1-7-17-16-18-14-13-15-24(18)25(21(17)10-4)22(11-5)19(8-2)20(9-3)23(25)12-6/h7-12,14-15H,1-6,13,16H2. The lowest BCUT2D eigenvalue weighted by Gasteiger charge is -2.43. The fourth-order valence-electron chi connectivity index (χ4n) is 4.66. The van der Waals surface area contributed by atoms with Crippen molar-refractivity contribution in [1.29, 1.82) is 0 Å². The van der Waals surface area contributed by atoms with Crippen LogP contribution >= 0.6 is 0 Å². The third kappa shape index (κ3) is 1.94. The molecule has 0 radical (unpaired) electrons. The number of rotatable bonds is 6. The molecule has 0 aliphatic heterocycles. The van der Waals surface area contributed by atoms with Crippen LogP contribution in [0, 0.1) is 5.41 Å². The first-order chi connectivity index (χ1) is 12.1.